The van der Waals surface area contributed by atoms with E-state index in [2.05, 4.69) is 21.8 Å². The standard InChI is InChI=1S/C23H16N2O2/c1-15-5-7-16(8-6-15)9-10-17-3-2-4-20(23(26)27)21(17)19-13-18-11-12-24-22(18)25-14-19/h2-8,11-14H,1H3,(H,24,25)(H,26,27). The lowest BCUT2D eigenvalue weighted by Crippen LogP contribution is -2.01. The highest BCUT2D eigenvalue weighted by atomic mass is 16.4. The lowest BCUT2D eigenvalue weighted by molar-refractivity contribution is 0.0697. The minimum absolute atomic E-state index is 0.211. The molecule has 0 amide bonds. The Morgan fingerprint density at radius 1 is 1.07 bits per heavy atom. The molecule has 0 fully saturated rings. The van der Waals surface area contributed by atoms with E-state index in [0.29, 0.717) is 11.1 Å². The van der Waals surface area contributed by atoms with Crippen LogP contribution in [-0.4, -0.2) is 21.0 Å². The van der Waals surface area contributed by atoms with Gasteiger partial charge in [0.2, 0.25) is 0 Å². The molecule has 2 aromatic heterocycles. The van der Waals surface area contributed by atoms with E-state index in [9.17, 15) is 9.90 Å². The van der Waals surface area contributed by atoms with Crippen LogP contribution in [0.1, 0.15) is 27.0 Å². The number of nitrogens with one attached hydrogen (secondary N) is 1. The molecule has 0 spiro atoms. The van der Waals surface area contributed by atoms with Gasteiger partial charge in [-0.1, -0.05) is 35.6 Å². The number of carboxylic acid groups (broad SMARTS) is 1. The zero-order valence-corrected chi connectivity index (χ0v) is 14.7. The molecule has 2 heterocycles. The molecule has 0 atom stereocenters. The highest BCUT2D eigenvalue weighted by molar-refractivity contribution is 5.98. The van der Waals surface area contributed by atoms with Crippen LogP contribution in [0.3, 0.4) is 0 Å². The molecule has 0 aliphatic rings. The van der Waals surface area contributed by atoms with E-state index in [0.717, 1.165) is 22.2 Å². The van der Waals surface area contributed by atoms with Crippen LogP contribution >= 0.6 is 0 Å². The molecule has 130 valence electrons. The number of carboxylic acids is 1. The summed E-state index contributed by atoms with van der Waals surface area (Å²) in [4.78, 5) is 19.2. The summed E-state index contributed by atoms with van der Waals surface area (Å²) < 4.78 is 0. The molecule has 2 N–H and O–H groups in total. The number of benzene rings is 2. The number of nitrogens with zero attached hydrogens (tertiary/aromatic N) is 1. The second-order valence-corrected chi connectivity index (χ2v) is 6.29. The predicted molar refractivity (Wildman–Crippen MR) is 106 cm³/mol. The normalized spacial score (nSPS) is 10.4. The molecule has 4 aromatic rings. The van der Waals surface area contributed by atoms with Crippen molar-refractivity contribution in [1.82, 2.24) is 9.97 Å². The fourth-order valence-corrected chi connectivity index (χ4v) is 3.00. The van der Waals surface area contributed by atoms with Crippen molar-refractivity contribution in [3.8, 4) is 23.0 Å². The molecule has 0 radical (unpaired) electrons. The van der Waals surface area contributed by atoms with Gasteiger partial charge in [-0.2, -0.15) is 0 Å². The fraction of sp³-hybridized carbons (Fsp3) is 0.0435. The van der Waals surface area contributed by atoms with Crippen molar-refractivity contribution in [1.29, 1.82) is 0 Å². The Kier molecular flexibility index (Phi) is 4.19. The van der Waals surface area contributed by atoms with Crippen molar-refractivity contribution < 1.29 is 9.90 Å². The Morgan fingerprint density at radius 3 is 2.67 bits per heavy atom. The molecule has 2 aromatic carbocycles. The van der Waals surface area contributed by atoms with Crippen LogP contribution in [0.4, 0.5) is 0 Å². The van der Waals surface area contributed by atoms with Crippen molar-refractivity contribution in [2.45, 2.75) is 6.92 Å². The number of aromatic carboxylic acids is 1. The summed E-state index contributed by atoms with van der Waals surface area (Å²) in [5.41, 5.74) is 4.99. The monoisotopic (exact) mass is 352 g/mol. The fourth-order valence-electron chi connectivity index (χ4n) is 3.00. The number of H-pyrrole nitrogens is 1. The average Bonchev–Trinajstić information content (AvgIpc) is 3.15. The van der Waals surface area contributed by atoms with Gasteiger partial charge in [0.15, 0.2) is 0 Å². The zero-order chi connectivity index (χ0) is 18.8. The van der Waals surface area contributed by atoms with Gasteiger partial charge in [-0.05, 0) is 43.3 Å². The summed E-state index contributed by atoms with van der Waals surface area (Å²) in [7, 11) is 0. The van der Waals surface area contributed by atoms with Gasteiger partial charge in [-0.3, -0.25) is 0 Å². The SMILES string of the molecule is Cc1ccc(C#Cc2cccc(C(=O)O)c2-c2cnc3[nH]ccc3c2)cc1. The van der Waals surface area contributed by atoms with Crippen LogP contribution in [0.25, 0.3) is 22.2 Å². The van der Waals surface area contributed by atoms with E-state index in [1.165, 1.54) is 5.56 Å². The Balaban J connectivity index is 1.88. The number of aryl methyl sites for hydroxylation is 1. The van der Waals surface area contributed by atoms with Crippen molar-refractivity contribution in [3.05, 3.63) is 89.2 Å². The lowest BCUT2D eigenvalue weighted by atomic mass is 9.95. The third-order valence-electron chi connectivity index (χ3n) is 4.38. The molecule has 4 nitrogen and oxygen atoms in total. The lowest BCUT2D eigenvalue weighted by Gasteiger charge is -2.09. The van der Waals surface area contributed by atoms with Crippen molar-refractivity contribution in [3.63, 3.8) is 0 Å². The molecule has 0 bridgehead atoms. The smallest absolute Gasteiger partial charge is 0.336 e. The number of hydrogen-bond donors (Lipinski definition) is 2. The number of rotatable bonds is 2. The number of aromatic nitrogens is 2. The van der Waals surface area contributed by atoms with E-state index < -0.39 is 5.97 Å². The zero-order valence-electron chi connectivity index (χ0n) is 14.7. The average molecular weight is 352 g/mol. The van der Waals surface area contributed by atoms with Gasteiger partial charge in [0.25, 0.3) is 0 Å². The molecule has 4 rings (SSSR count). The third-order valence-corrected chi connectivity index (χ3v) is 4.38. The van der Waals surface area contributed by atoms with Gasteiger partial charge in [0.05, 0.1) is 5.56 Å². The van der Waals surface area contributed by atoms with Gasteiger partial charge in [-0.25, -0.2) is 9.78 Å². The number of pyridine rings is 1. The first-order valence-corrected chi connectivity index (χ1v) is 8.50. The van der Waals surface area contributed by atoms with E-state index in [4.69, 9.17) is 0 Å². The molecular formula is C23H16N2O2. The van der Waals surface area contributed by atoms with Gasteiger partial charge < -0.3 is 10.1 Å². The second-order valence-electron chi connectivity index (χ2n) is 6.29. The number of aromatic amines is 1. The number of carbonyl (C=O) groups is 1. The minimum Gasteiger partial charge on any atom is -0.478 e. The largest absolute Gasteiger partial charge is 0.478 e. The number of fused-ring (bicyclic) bond motifs is 1. The Morgan fingerprint density at radius 2 is 1.89 bits per heavy atom. The second kappa shape index (κ2) is 6.81. The van der Waals surface area contributed by atoms with Gasteiger partial charge >= 0.3 is 5.97 Å². The summed E-state index contributed by atoms with van der Waals surface area (Å²) in [6.07, 6.45) is 3.49. The maximum Gasteiger partial charge on any atom is 0.336 e. The highest BCUT2D eigenvalue weighted by Crippen LogP contribution is 2.29. The van der Waals surface area contributed by atoms with E-state index in [1.807, 2.05) is 55.6 Å². The topological polar surface area (TPSA) is 66.0 Å². The van der Waals surface area contributed by atoms with Crippen molar-refractivity contribution >= 4 is 17.0 Å². The van der Waals surface area contributed by atoms with Gasteiger partial charge in [0.1, 0.15) is 5.65 Å². The maximum absolute atomic E-state index is 11.8. The first-order valence-electron chi connectivity index (χ1n) is 8.50. The van der Waals surface area contributed by atoms with Crippen LogP contribution in [0.5, 0.6) is 0 Å². The highest BCUT2D eigenvalue weighted by Gasteiger charge is 2.16. The van der Waals surface area contributed by atoms with Crippen LogP contribution in [0.2, 0.25) is 0 Å². The number of hydrogen-bond acceptors (Lipinski definition) is 2. The van der Waals surface area contributed by atoms with Gasteiger partial charge in [-0.15, -0.1) is 0 Å². The molecule has 4 heteroatoms. The summed E-state index contributed by atoms with van der Waals surface area (Å²) in [5.74, 6) is 5.28. The van der Waals surface area contributed by atoms with Crippen LogP contribution < -0.4 is 0 Å². The summed E-state index contributed by atoms with van der Waals surface area (Å²) in [5, 5.41) is 10.6. The summed E-state index contributed by atoms with van der Waals surface area (Å²) >= 11 is 0. The van der Waals surface area contributed by atoms with Crippen molar-refractivity contribution in [2.75, 3.05) is 0 Å². The quantitative estimate of drug-likeness (QED) is 0.517. The molecule has 0 aliphatic carbocycles. The van der Waals surface area contributed by atoms with Crippen molar-refractivity contribution in [2.24, 2.45) is 0 Å². The molecule has 0 aliphatic heterocycles. The molecule has 27 heavy (non-hydrogen) atoms. The molecule has 0 saturated carbocycles. The summed E-state index contributed by atoms with van der Waals surface area (Å²) in [6, 6.07) is 16.9. The summed E-state index contributed by atoms with van der Waals surface area (Å²) in [6.45, 7) is 2.02. The third kappa shape index (κ3) is 3.31. The predicted octanol–water partition coefficient (Wildman–Crippen LogP) is 4.64. The maximum atomic E-state index is 11.8. The first kappa shape index (κ1) is 16.6. The molecule has 0 unspecified atom stereocenters. The molecular weight excluding hydrogens is 336 g/mol. The van der Waals surface area contributed by atoms with Crippen LogP contribution in [0, 0.1) is 18.8 Å². The van der Waals surface area contributed by atoms with E-state index >= 15 is 0 Å². The Bertz CT molecular complexity index is 1210. The first-order chi connectivity index (χ1) is 13.1. The van der Waals surface area contributed by atoms with Crippen LogP contribution in [0.15, 0.2) is 67.0 Å². The molecule has 0 saturated heterocycles. The van der Waals surface area contributed by atoms with Gasteiger partial charge in [0, 0.05) is 40.0 Å². The Hall–Kier alpha value is -3.84. The van der Waals surface area contributed by atoms with E-state index in [1.54, 1.807) is 18.3 Å². The van der Waals surface area contributed by atoms with Crippen LogP contribution in [-0.2, 0) is 0 Å². The minimum atomic E-state index is -0.988. The van der Waals surface area contributed by atoms with E-state index in [-0.39, 0.29) is 5.56 Å². The Labute approximate surface area is 156 Å².